The summed E-state index contributed by atoms with van der Waals surface area (Å²) in [4.78, 5) is 21.5. The van der Waals surface area contributed by atoms with Crippen LogP contribution in [0.2, 0.25) is 0 Å². The van der Waals surface area contributed by atoms with Gasteiger partial charge < -0.3 is 9.88 Å². The Labute approximate surface area is 148 Å². The quantitative estimate of drug-likeness (QED) is 0.751. The lowest BCUT2D eigenvalue weighted by Crippen LogP contribution is -2.27. The maximum absolute atomic E-state index is 12.3. The molecule has 0 radical (unpaired) electrons. The normalized spacial score (nSPS) is 11.2. The molecule has 1 aromatic carbocycles. The third kappa shape index (κ3) is 3.87. The average molecular weight is 336 g/mol. The summed E-state index contributed by atoms with van der Waals surface area (Å²) in [6.07, 6.45) is 2.48. The molecule has 130 valence electrons. The molecule has 0 atom stereocenters. The molecule has 0 bridgehead atoms. The van der Waals surface area contributed by atoms with Crippen LogP contribution in [0.4, 0.5) is 0 Å². The highest BCUT2D eigenvalue weighted by Crippen LogP contribution is 2.16. The van der Waals surface area contributed by atoms with E-state index in [4.69, 9.17) is 4.98 Å². The zero-order valence-corrected chi connectivity index (χ0v) is 15.0. The fourth-order valence-electron chi connectivity index (χ4n) is 2.96. The van der Waals surface area contributed by atoms with Crippen LogP contribution in [0.1, 0.15) is 35.6 Å². The van der Waals surface area contributed by atoms with Gasteiger partial charge in [-0.2, -0.15) is 0 Å². The number of nitrogens with zero attached hydrogens (tertiary/aromatic N) is 3. The molecule has 0 aliphatic rings. The first-order valence-electron chi connectivity index (χ1n) is 8.70. The van der Waals surface area contributed by atoms with Crippen molar-refractivity contribution in [3.63, 3.8) is 0 Å². The van der Waals surface area contributed by atoms with E-state index < -0.39 is 0 Å². The van der Waals surface area contributed by atoms with E-state index in [1.54, 1.807) is 6.20 Å². The van der Waals surface area contributed by atoms with Gasteiger partial charge in [-0.05, 0) is 36.6 Å². The SMILES string of the molecule is Cc1ccccc1C(=O)NCCc1nc2cccnc2n1CC(C)C. The number of nitrogens with one attached hydrogen (secondary N) is 1. The van der Waals surface area contributed by atoms with Crippen LogP contribution in [0.5, 0.6) is 0 Å². The first-order valence-corrected chi connectivity index (χ1v) is 8.70. The summed E-state index contributed by atoms with van der Waals surface area (Å²) in [5.74, 6) is 1.43. The molecule has 3 rings (SSSR count). The van der Waals surface area contributed by atoms with Crippen molar-refractivity contribution in [2.75, 3.05) is 6.54 Å². The summed E-state index contributed by atoms with van der Waals surface area (Å²) >= 11 is 0. The van der Waals surface area contributed by atoms with E-state index in [2.05, 4.69) is 28.7 Å². The van der Waals surface area contributed by atoms with Crippen molar-refractivity contribution in [1.29, 1.82) is 0 Å². The Morgan fingerprint density at radius 1 is 1.20 bits per heavy atom. The molecular formula is C20H24N4O. The van der Waals surface area contributed by atoms with Crippen LogP contribution in [-0.4, -0.2) is 27.0 Å². The van der Waals surface area contributed by atoms with Gasteiger partial charge in [-0.15, -0.1) is 0 Å². The van der Waals surface area contributed by atoms with E-state index >= 15 is 0 Å². The van der Waals surface area contributed by atoms with Gasteiger partial charge in [0.15, 0.2) is 5.65 Å². The Morgan fingerprint density at radius 3 is 2.76 bits per heavy atom. The van der Waals surface area contributed by atoms with Crippen LogP contribution in [0.3, 0.4) is 0 Å². The summed E-state index contributed by atoms with van der Waals surface area (Å²) < 4.78 is 2.17. The first-order chi connectivity index (χ1) is 12.1. The van der Waals surface area contributed by atoms with Crippen molar-refractivity contribution in [2.24, 2.45) is 5.92 Å². The Hall–Kier alpha value is -2.69. The molecule has 2 heterocycles. The van der Waals surface area contributed by atoms with E-state index in [0.717, 1.165) is 34.7 Å². The second-order valence-electron chi connectivity index (χ2n) is 6.70. The predicted octanol–water partition coefficient (Wildman–Crippen LogP) is 3.37. The van der Waals surface area contributed by atoms with Crippen LogP contribution in [0.25, 0.3) is 11.2 Å². The number of rotatable bonds is 6. The van der Waals surface area contributed by atoms with Gasteiger partial charge >= 0.3 is 0 Å². The Kier molecular flexibility index (Phi) is 5.12. The summed E-state index contributed by atoms with van der Waals surface area (Å²) in [6.45, 7) is 7.73. The zero-order valence-electron chi connectivity index (χ0n) is 15.0. The van der Waals surface area contributed by atoms with Gasteiger partial charge in [-0.1, -0.05) is 32.0 Å². The molecule has 3 aromatic rings. The van der Waals surface area contributed by atoms with Crippen LogP contribution in [-0.2, 0) is 13.0 Å². The van der Waals surface area contributed by atoms with Gasteiger partial charge in [-0.25, -0.2) is 9.97 Å². The van der Waals surface area contributed by atoms with E-state index in [9.17, 15) is 4.79 Å². The number of hydrogen-bond donors (Lipinski definition) is 1. The number of pyridine rings is 1. The fraction of sp³-hybridized carbons (Fsp3) is 0.350. The molecule has 0 fully saturated rings. The highest BCUT2D eigenvalue weighted by molar-refractivity contribution is 5.95. The molecule has 1 amide bonds. The van der Waals surface area contributed by atoms with E-state index in [1.165, 1.54) is 0 Å². The number of imidazole rings is 1. The Morgan fingerprint density at radius 2 is 2.00 bits per heavy atom. The average Bonchev–Trinajstić information content (AvgIpc) is 2.92. The number of fused-ring (bicyclic) bond motifs is 1. The minimum absolute atomic E-state index is 0.0391. The largest absolute Gasteiger partial charge is 0.352 e. The molecule has 0 aliphatic carbocycles. The highest BCUT2D eigenvalue weighted by atomic mass is 16.1. The van der Waals surface area contributed by atoms with Gasteiger partial charge in [0.2, 0.25) is 0 Å². The fourth-order valence-corrected chi connectivity index (χ4v) is 2.96. The summed E-state index contributed by atoms with van der Waals surface area (Å²) in [5, 5.41) is 3.00. The lowest BCUT2D eigenvalue weighted by molar-refractivity contribution is 0.0953. The number of carbonyl (C=O) groups is 1. The van der Waals surface area contributed by atoms with Gasteiger partial charge in [0.25, 0.3) is 5.91 Å². The van der Waals surface area contributed by atoms with Crippen LogP contribution >= 0.6 is 0 Å². The standard InChI is InChI=1S/C20H24N4O/c1-14(2)13-24-18(23-17-9-6-11-21-19(17)24)10-12-22-20(25)16-8-5-4-7-15(16)3/h4-9,11,14H,10,12-13H2,1-3H3,(H,22,25). The van der Waals surface area contributed by atoms with Crippen molar-refractivity contribution >= 4 is 17.1 Å². The number of hydrogen-bond acceptors (Lipinski definition) is 3. The highest BCUT2D eigenvalue weighted by Gasteiger charge is 2.13. The number of aryl methyl sites for hydroxylation is 1. The molecule has 0 saturated carbocycles. The Bertz CT molecular complexity index is 882. The van der Waals surface area contributed by atoms with Gasteiger partial charge in [-0.3, -0.25) is 4.79 Å². The molecule has 5 nitrogen and oxygen atoms in total. The molecule has 1 N–H and O–H groups in total. The molecule has 25 heavy (non-hydrogen) atoms. The van der Waals surface area contributed by atoms with E-state index in [0.29, 0.717) is 18.9 Å². The maximum atomic E-state index is 12.3. The Balaban J connectivity index is 1.73. The van der Waals surface area contributed by atoms with Gasteiger partial charge in [0.05, 0.1) is 0 Å². The van der Waals surface area contributed by atoms with Crippen LogP contribution in [0, 0.1) is 12.8 Å². The van der Waals surface area contributed by atoms with Crippen LogP contribution in [0.15, 0.2) is 42.6 Å². The lowest BCUT2D eigenvalue weighted by Gasteiger charge is -2.12. The third-order valence-electron chi connectivity index (χ3n) is 4.15. The number of amides is 1. The second-order valence-corrected chi connectivity index (χ2v) is 6.70. The molecule has 0 unspecified atom stereocenters. The molecule has 5 heteroatoms. The minimum atomic E-state index is -0.0391. The van der Waals surface area contributed by atoms with Crippen molar-refractivity contribution in [2.45, 2.75) is 33.7 Å². The number of benzene rings is 1. The first kappa shape index (κ1) is 17.1. The molecule has 0 saturated heterocycles. The van der Waals surface area contributed by atoms with Crippen LogP contribution < -0.4 is 5.32 Å². The van der Waals surface area contributed by atoms with Crippen molar-refractivity contribution < 1.29 is 4.79 Å². The summed E-state index contributed by atoms with van der Waals surface area (Å²) in [6, 6.07) is 11.5. The molecule has 2 aromatic heterocycles. The topological polar surface area (TPSA) is 59.8 Å². The molecular weight excluding hydrogens is 312 g/mol. The monoisotopic (exact) mass is 336 g/mol. The number of aromatic nitrogens is 3. The van der Waals surface area contributed by atoms with Crippen molar-refractivity contribution in [3.05, 3.63) is 59.5 Å². The maximum Gasteiger partial charge on any atom is 0.251 e. The number of carbonyl (C=O) groups excluding carboxylic acids is 1. The smallest absolute Gasteiger partial charge is 0.251 e. The molecule has 0 aliphatic heterocycles. The summed E-state index contributed by atoms with van der Waals surface area (Å²) in [7, 11) is 0. The van der Waals surface area contributed by atoms with Crippen molar-refractivity contribution in [3.8, 4) is 0 Å². The lowest BCUT2D eigenvalue weighted by atomic mass is 10.1. The third-order valence-corrected chi connectivity index (χ3v) is 4.15. The van der Waals surface area contributed by atoms with Crippen molar-refractivity contribution in [1.82, 2.24) is 19.9 Å². The van der Waals surface area contributed by atoms with Gasteiger partial charge in [0, 0.05) is 31.3 Å². The predicted molar refractivity (Wildman–Crippen MR) is 99.6 cm³/mol. The zero-order chi connectivity index (χ0) is 17.8. The molecule has 0 spiro atoms. The second kappa shape index (κ2) is 7.47. The minimum Gasteiger partial charge on any atom is -0.352 e. The summed E-state index contributed by atoms with van der Waals surface area (Å²) in [5.41, 5.74) is 3.52. The van der Waals surface area contributed by atoms with Gasteiger partial charge in [0.1, 0.15) is 11.3 Å². The van der Waals surface area contributed by atoms with E-state index in [1.807, 2.05) is 43.3 Å². The van der Waals surface area contributed by atoms with E-state index in [-0.39, 0.29) is 5.91 Å².